The van der Waals surface area contributed by atoms with Gasteiger partial charge in [0.25, 0.3) is 0 Å². The molecule has 0 spiro atoms. The quantitative estimate of drug-likeness (QED) is 0.717. The lowest BCUT2D eigenvalue weighted by Crippen LogP contribution is -2.31. The van der Waals surface area contributed by atoms with Crippen LogP contribution in [0, 0.1) is 29.6 Å². The molecule has 2 aliphatic carbocycles. The van der Waals surface area contributed by atoms with Gasteiger partial charge in [0.15, 0.2) is 6.29 Å². The fraction of sp³-hybridized carbons (Fsp3) is 1.00. The van der Waals surface area contributed by atoms with E-state index in [9.17, 15) is 0 Å². The highest BCUT2D eigenvalue weighted by Gasteiger charge is 2.49. The van der Waals surface area contributed by atoms with Crippen LogP contribution in [0.2, 0.25) is 0 Å². The number of hydrogen-bond acceptors (Lipinski definition) is 2. The molecule has 2 nitrogen and oxygen atoms in total. The third kappa shape index (κ3) is 1.80. The maximum atomic E-state index is 5.69. The molecule has 1 heterocycles. The van der Waals surface area contributed by atoms with Crippen molar-refractivity contribution in [1.82, 2.24) is 0 Å². The predicted molar refractivity (Wildman–Crippen MR) is 63.0 cm³/mol. The molecule has 0 N–H and O–H groups in total. The fourth-order valence-corrected chi connectivity index (χ4v) is 4.29. The average Bonchev–Trinajstić information content (AvgIpc) is 2.82. The summed E-state index contributed by atoms with van der Waals surface area (Å²) >= 11 is 0. The molecule has 3 fully saturated rings. The highest BCUT2D eigenvalue weighted by molar-refractivity contribution is 4.97. The maximum Gasteiger partial charge on any atom is 0.157 e. The molecule has 2 saturated carbocycles. The van der Waals surface area contributed by atoms with Crippen molar-refractivity contribution >= 4 is 0 Å². The highest BCUT2D eigenvalue weighted by Crippen LogP contribution is 2.56. The van der Waals surface area contributed by atoms with E-state index in [-0.39, 0.29) is 6.29 Å². The van der Waals surface area contributed by atoms with E-state index < -0.39 is 0 Å². The van der Waals surface area contributed by atoms with E-state index in [0.717, 1.165) is 55.6 Å². The molecular formula is C14H24O2. The average molecular weight is 224 g/mol. The largest absolute Gasteiger partial charge is 0.353 e. The molecule has 3 aliphatic rings. The normalized spacial score (nSPS) is 48.8. The van der Waals surface area contributed by atoms with E-state index in [1.807, 2.05) is 0 Å². The molecule has 16 heavy (non-hydrogen) atoms. The molecule has 0 aromatic carbocycles. The lowest BCUT2D eigenvalue weighted by atomic mass is 9.74. The Labute approximate surface area is 98.7 Å². The summed E-state index contributed by atoms with van der Waals surface area (Å²) in [6.07, 6.45) is 5.23. The smallest absolute Gasteiger partial charge is 0.157 e. The minimum absolute atomic E-state index is 0.112. The van der Waals surface area contributed by atoms with Gasteiger partial charge in [-0.2, -0.15) is 0 Å². The second kappa shape index (κ2) is 4.30. The maximum absolute atomic E-state index is 5.69. The van der Waals surface area contributed by atoms with Crippen LogP contribution in [0.5, 0.6) is 0 Å². The second-order valence-electron chi connectivity index (χ2n) is 6.13. The van der Waals surface area contributed by atoms with Gasteiger partial charge >= 0.3 is 0 Å². The Morgan fingerprint density at radius 2 is 1.75 bits per heavy atom. The molecule has 5 atom stereocenters. The van der Waals surface area contributed by atoms with E-state index in [4.69, 9.17) is 9.47 Å². The van der Waals surface area contributed by atoms with E-state index in [1.54, 1.807) is 0 Å². The lowest BCUT2D eigenvalue weighted by Gasteiger charge is -2.34. The summed E-state index contributed by atoms with van der Waals surface area (Å²) in [5.41, 5.74) is 0. The first-order valence-corrected chi connectivity index (χ1v) is 6.99. The van der Waals surface area contributed by atoms with Crippen LogP contribution in [0.3, 0.4) is 0 Å². The predicted octanol–water partition coefficient (Wildman–Crippen LogP) is 3.07. The SMILES string of the molecule is CC1C2CC(CC3OCCCO3)C(C2)C1C. The molecule has 2 heteroatoms. The zero-order chi connectivity index (χ0) is 11.1. The van der Waals surface area contributed by atoms with Crippen LogP contribution >= 0.6 is 0 Å². The minimum Gasteiger partial charge on any atom is -0.353 e. The third-order valence-corrected chi connectivity index (χ3v) is 5.43. The lowest BCUT2D eigenvalue weighted by molar-refractivity contribution is -0.189. The first-order chi connectivity index (χ1) is 7.75. The summed E-state index contributed by atoms with van der Waals surface area (Å²) < 4.78 is 11.4. The van der Waals surface area contributed by atoms with Crippen molar-refractivity contribution in [3.8, 4) is 0 Å². The van der Waals surface area contributed by atoms with E-state index in [1.165, 1.54) is 12.8 Å². The van der Waals surface area contributed by atoms with Crippen molar-refractivity contribution < 1.29 is 9.47 Å². The van der Waals surface area contributed by atoms with Crippen LogP contribution in [0.4, 0.5) is 0 Å². The first kappa shape index (κ1) is 11.0. The van der Waals surface area contributed by atoms with Crippen LogP contribution in [-0.4, -0.2) is 19.5 Å². The van der Waals surface area contributed by atoms with Gasteiger partial charge in [-0.3, -0.25) is 0 Å². The Balaban J connectivity index is 1.57. The second-order valence-corrected chi connectivity index (χ2v) is 6.13. The van der Waals surface area contributed by atoms with Crippen LogP contribution in [0.15, 0.2) is 0 Å². The number of ether oxygens (including phenoxy) is 2. The van der Waals surface area contributed by atoms with Crippen molar-refractivity contribution in [1.29, 1.82) is 0 Å². The Morgan fingerprint density at radius 1 is 1.00 bits per heavy atom. The fourth-order valence-electron chi connectivity index (χ4n) is 4.29. The number of rotatable bonds is 2. The summed E-state index contributed by atoms with van der Waals surface area (Å²) in [5, 5.41) is 0. The van der Waals surface area contributed by atoms with E-state index >= 15 is 0 Å². The Morgan fingerprint density at radius 3 is 2.38 bits per heavy atom. The molecule has 3 rings (SSSR count). The summed E-state index contributed by atoms with van der Waals surface area (Å²) in [4.78, 5) is 0. The van der Waals surface area contributed by atoms with Crippen molar-refractivity contribution in [3.63, 3.8) is 0 Å². The van der Waals surface area contributed by atoms with Crippen LogP contribution in [0.1, 0.15) is 39.5 Å². The van der Waals surface area contributed by atoms with Gasteiger partial charge in [0.1, 0.15) is 0 Å². The molecule has 0 aromatic heterocycles. The Kier molecular flexibility index (Phi) is 2.97. The van der Waals surface area contributed by atoms with Gasteiger partial charge in [-0.15, -0.1) is 0 Å². The molecule has 1 aliphatic heterocycles. The minimum atomic E-state index is 0.112. The third-order valence-electron chi connectivity index (χ3n) is 5.43. The van der Waals surface area contributed by atoms with Gasteiger partial charge < -0.3 is 9.47 Å². The first-order valence-electron chi connectivity index (χ1n) is 6.99. The van der Waals surface area contributed by atoms with Crippen molar-refractivity contribution in [3.05, 3.63) is 0 Å². The van der Waals surface area contributed by atoms with Gasteiger partial charge in [0.2, 0.25) is 0 Å². The van der Waals surface area contributed by atoms with Crippen molar-refractivity contribution in [2.45, 2.75) is 45.8 Å². The molecule has 92 valence electrons. The molecule has 0 aromatic rings. The Bertz CT molecular complexity index is 245. The van der Waals surface area contributed by atoms with E-state index in [2.05, 4.69) is 13.8 Å². The molecular weight excluding hydrogens is 200 g/mol. The zero-order valence-electron chi connectivity index (χ0n) is 10.5. The summed E-state index contributed by atoms with van der Waals surface area (Å²) in [5.74, 6) is 4.70. The standard InChI is InChI=1S/C14H24O2/c1-9-10(2)13-7-11(9)6-12(13)8-14-15-4-3-5-16-14/h9-14H,3-8H2,1-2H3. The highest BCUT2D eigenvalue weighted by atomic mass is 16.7. The monoisotopic (exact) mass is 224 g/mol. The zero-order valence-corrected chi connectivity index (χ0v) is 10.5. The number of fused-ring (bicyclic) bond motifs is 2. The molecule has 2 bridgehead atoms. The van der Waals surface area contributed by atoms with Crippen LogP contribution in [-0.2, 0) is 9.47 Å². The number of hydrogen-bond donors (Lipinski definition) is 0. The van der Waals surface area contributed by atoms with Gasteiger partial charge in [-0.25, -0.2) is 0 Å². The van der Waals surface area contributed by atoms with Gasteiger partial charge in [-0.1, -0.05) is 13.8 Å². The molecule has 0 radical (unpaired) electrons. The van der Waals surface area contributed by atoms with Gasteiger partial charge in [0.05, 0.1) is 13.2 Å². The van der Waals surface area contributed by atoms with Crippen LogP contribution < -0.4 is 0 Å². The topological polar surface area (TPSA) is 18.5 Å². The van der Waals surface area contributed by atoms with Gasteiger partial charge in [-0.05, 0) is 48.9 Å². The molecule has 5 unspecified atom stereocenters. The van der Waals surface area contributed by atoms with Crippen molar-refractivity contribution in [2.75, 3.05) is 13.2 Å². The summed E-state index contributed by atoms with van der Waals surface area (Å²) in [7, 11) is 0. The van der Waals surface area contributed by atoms with E-state index in [0.29, 0.717) is 0 Å². The molecule has 1 saturated heterocycles. The summed E-state index contributed by atoms with van der Waals surface area (Å²) in [6.45, 7) is 6.69. The molecule has 0 amide bonds. The Hall–Kier alpha value is -0.0800. The van der Waals surface area contributed by atoms with Crippen molar-refractivity contribution in [2.24, 2.45) is 29.6 Å². The summed E-state index contributed by atoms with van der Waals surface area (Å²) in [6, 6.07) is 0. The van der Waals surface area contributed by atoms with Crippen LogP contribution in [0.25, 0.3) is 0 Å². The van der Waals surface area contributed by atoms with Gasteiger partial charge in [0, 0.05) is 6.42 Å².